The monoisotopic (exact) mass is 405 g/mol. The van der Waals surface area contributed by atoms with Crippen LogP contribution >= 0.6 is 23.4 Å². The van der Waals surface area contributed by atoms with Crippen molar-refractivity contribution in [1.82, 2.24) is 4.98 Å². The Morgan fingerprint density at radius 2 is 1.89 bits per heavy atom. The second-order valence-electron chi connectivity index (χ2n) is 6.21. The summed E-state index contributed by atoms with van der Waals surface area (Å²) in [6, 6.07) is 21.0. The van der Waals surface area contributed by atoms with Crippen LogP contribution in [0.2, 0.25) is 5.15 Å². The van der Waals surface area contributed by atoms with E-state index in [0.29, 0.717) is 20.9 Å². The fourth-order valence-electron chi connectivity index (χ4n) is 2.83. The molecule has 0 spiro atoms. The molecule has 3 aromatic rings. The number of hydrogen-bond donors (Lipinski definition) is 0. The first kappa shape index (κ1) is 18.5. The van der Waals surface area contributed by atoms with Gasteiger partial charge in [-0.05, 0) is 54.6 Å². The molecule has 0 N–H and O–H groups in total. The Balaban J connectivity index is 1.79. The minimum Gasteiger partial charge on any atom is -0.268 e. The average Bonchev–Trinajstić information content (AvgIpc) is 2.99. The van der Waals surface area contributed by atoms with E-state index in [1.807, 2.05) is 67.6 Å². The van der Waals surface area contributed by atoms with E-state index in [9.17, 15) is 4.79 Å². The van der Waals surface area contributed by atoms with E-state index in [1.54, 1.807) is 23.2 Å². The number of halogens is 1. The summed E-state index contributed by atoms with van der Waals surface area (Å²) in [6.45, 7) is 2.03. The number of para-hydroxylation sites is 1. The predicted octanol–water partition coefficient (Wildman–Crippen LogP) is 5.85. The van der Waals surface area contributed by atoms with Gasteiger partial charge in [0.2, 0.25) is 0 Å². The average molecular weight is 406 g/mol. The van der Waals surface area contributed by atoms with Gasteiger partial charge in [-0.25, -0.2) is 9.98 Å². The van der Waals surface area contributed by atoms with Crippen LogP contribution in [-0.2, 0) is 4.79 Å². The zero-order chi connectivity index (χ0) is 19.5. The quantitative estimate of drug-likeness (QED) is 0.405. The second kappa shape index (κ2) is 8.00. The van der Waals surface area contributed by atoms with E-state index in [-0.39, 0.29) is 5.91 Å². The normalized spacial score (nSPS) is 16.9. The molecule has 1 amide bonds. The fourth-order valence-corrected chi connectivity index (χ4v) is 3.98. The molecule has 0 unspecified atom stereocenters. The predicted molar refractivity (Wildman–Crippen MR) is 117 cm³/mol. The zero-order valence-electron chi connectivity index (χ0n) is 15.0. The van der Waals surface area contributed by atoms with Gasteiger partial charge in [-0.15, -0.1) is 0 Å². The van der Waals surface area contributed by atoms with Gasteiger partial charge in [-0.2, -0.15) is 0 Å². The highest BCUT2D eigenvalue weighted by Crippen LogP contribution is 2.38. The van der Waals surface area contributed by atoms with E-state index in [2.05, 4.69) is 9.98 Å². The molecular formula is C22H16ClN3OS. The van der Waals surface area contributed by atoms with Crippen molar-refractivity contribution in [1.29, 1.82) is 0 Å². The number of amidine groups is 1. The summed E-state index contributed by atoms with van der Waals surface area (Å²) >= 11 is 7.50. The summed E-state index contributed by atoms with van der Waals surface area (Å²) < 4.78 is 0. The summed E-state index contributed by atoms with van der Waals surface area (Å²) in [4.78, 5) is 24.1. The first-order valence-electron chi connectivity index (χ1n) is 8.67. The molecule has 1 aromatic heterocycles. The molecule has 138 valence electrons. The summed E-state index contributed by atoms with van der Waals surface area (Å²) in [6.07, 6.45) is 3.50. The molecule has 0 bridgehead atoms. The van der Waals surface area contributed by atoms with Gasteiger partial charge in [0.25, 0.3) is 5.91 Å². The van der Waals surface area contributed by atoms with Gasteiger partial charge in [0.15, 0.2) is 10.3 Å². The zero-order valence-corrected chi connectivity index (χ0v) is 16.6. The largest absolute Gasteiger partial charge is 0.271 e. The number of hydrogen-bond acceptors (Lipinski definition) is 4. The molecule has 2 aromatic carbocycles. The van der Waals surface area contributed by atoms with E-state index < -0.39 is 0 Å². The van der Waals surface area contributed by atoms with Crippen molar-refractivity contribution in [2.45, 2.75) is 6.92 Å². The van der Waals surface area contributed by atoms with Crippen LogP contribution in [-0.4, -0.2) is 16.1 Å². The van der Waals surface area contributed by atoms with E-state index in [4.69, 9.17) is 11.6 Å². The molecule has 1 fully saturated rings. The van der Waals surface area contributed by atoms with Crippen molar-refractivity contribution < 1.29 is 4.79 Å². The Hall–Kier alpha value is -2.89. The van der Waals surface area contributed by atoms with Gasteiger partial charge < -0.3 is 0 Å². The molecule has 28 heavy (non-hydrogen) atoms. The van der Waals surface area contributed by atoms with E-state index >= 15 is 0 Å². The molecule has 0 saturated carbocycles. The second-order valence-corrected chi connectivity index (χ2v) is 7.58. The summed E-state index contributed by atoms with van der Waals surface area (Å²) in [5.41, 5.74) is 3.40. The molecule has 1 saturated heterocycles. The number of nitrogens with zero attached hydrogens (tertiary/aromatic N) is 3. The molecule has 0 aliphatic carbocycles. The summed E-state index contributed by atoms with van der Waals surface area (Å²) in [5, 5.41) is 0.845. The number of carbonyl (C=O) groups excluding carboxylic acids is 1. The SMILES string of the molecule is Cc1cccc(/C=C2\SC(=Nc3cccnc3Cl)N(c3ccccc3)C2=O)c1. The number of anilines is 1. The molecule has 0 radical (unpaired) electrons. The molecule has 0 atom stereocenters. The number of aryl methyl sites for hydroxylation is 1. The van der Waals surface area contributed by atoms with Gasteiger partial charge in [-0.1, -0.05) is 59.6 Å². The number of carbonyl (C=O) groups is 1. The third-order valence-corrected chi connectivity index (χ3v) is 5.38. The van der Waals surface area contributed by atoms with Crippen molar-refractivity contribution in [3.8, 4) is 0 Å². The maximum atomic E-state index is 13.2. The lowest BCUT2D eigenvalue weighted by molar-refractivity contribution is -0.113. The number of rotatable bonds is 3. The standard InChI is InChI=1S/C22H16ClN3OS/c1-15-7-5-8-16(13-15)14-19-21(27)26(17-9-3-2-4-10-17)22(28-19)25-18-11-6-12-24-20(18)23/h2-14H,1H3/b19-14-,25-22?. The molecule has 4 rings (SSSR count). The summed E-state index contributed by atoms with van der Waals surface area (Å²) in [5.74, 6) is -0.114. The molecule has 1 aliphatic heterocycles. The van der Waals surface area contributed by atoms with Crippen LogP contribution in [0.15, 0.2) is 82.8 Å². The van der Waals surface area contributed by atoms with Crippen LogP contribution in [0.25, 0.3) is 6.08 Å². The molecule has 6 heteroatoms. The molecule has 1 aliphatic rings. The first-order valence-corrected chi connectivity index (χ1v) is 9.86. The van der Waals surface area contributed by atoms with Crippen LogP contribution in [0.5, 0.6) is 0 Å². The smallest absolute Gasteiger partial charge is 0.268 e. The van der Waals surface area contributed by atoms with Gasteiger partial charge in [-0.3, -0.25) is 9.69 Å². The van der Waals surface area contributed by atoms with E-state index in [0.717, 1.165) is 16.8 Å². The van der Waals surface area contributed by atoms with Crippen LogP contribution in [0.1, 0.15) is 11.1 Å². The lowest BCUT2D eigenvalue weighted by Crippen LogP contribution is -2.28. The Morgan fingerprint density at radius 3 is 2.64 bits per heavy atom. The lowest BCUT2D eigenvalue weighted by Gasteiger charge is -2.15. The Labute approximate surface area is 172 Å². The van der Waals surface area contributed by atoms with Crippen molar-refractivity contribution in [3.05, 3.63) is 94.1 Å². The highest BCUT2D eigenvalue weighted by molar-refractivity contribution is 8.19. The number of aromatic nitrogens is 1. The number of thioether (sulfide) groups is 1. The van der Waals surface area contributed by atoms with E-state index in [1.165, 1.54) is 11.8 Å². The molecular weight excluding hydrogens is 390 g/mol. The molecule has 4 nitrogen and oxygen atoms in total. The maximum Gasteiger partial charge on any atom is 0.271 e. The number of benzene rings is 2. The fraction of sp³-hybridized carbons (Fsp3) is 0.0455. The first-order chi connectivity index (χ1) is 13.6. The van der Waals surface area contributed by atoms with Gasteiger partial charge in [0, 0.05) is 6.20 Å². The number of pyridine rings is 1. The lowest BCUT2D eigenvalue weighted by atomic mass is 10.1. The maximum absolute atomic E-state index is 13.2. The van der Waals surface area contributed by atoms with Gasteiger partial charge >= 0.3 is 0 Å². The number of aliphatic imine (C=N–C) groups is 1. The minimum atomic E-state index is -0.114. The van der Waals surface area contributed by atoms with Gasteiger partial charge in [0.1, 0.15) is 5.69 Å². The Morgan fingerprint density at radius 1 is 1.07 bits per heavy atom. The van der Waals surface area contributed by atoms with Gasteiger partial charge in [0.05, 0.1) is 10.6 Å². The van der Waals surface area contributed by atoms with Crippen molar-refractivity contribution in [2.75, 3.05) is 4.90 Å². The number of amides is 1. The highest BCUT2D eigenvalue weighted by Gasteiger charge is 2.34. The highest BCUT2D eigenvalue weighted by atomic mass is 35.5. The third kappa shape index (κ3) is 3.86. The Bertz CT molecular complexity index is 1100. The summed E-state index contributed by atoms with van der Waals surface area (Å²) in [7, 11) is 0. The van der Waals surface area contributed by atoms with Crippen molar-refractivity contribution in [3.63, 3.8) is 0 Å². The van der Waals surface area contributed by atoms with Crippen LogP contribution < -0.4 is 4.90 Å². The van der Waals surface area contributed by atoms with Crippen LogP contribution in [0, 0.1) is 6.92 Å². The topological polar surface area (TPSA) is 45.6 Å². The van der Waals surface area contributed by atoms with Crippen molar-refractivity contribution >= 4 is 51.9 Å². The minimum absolute atomic E-state index is 0.114. The van der Waals surface area contributed by atoms with Crippen molar-refractivity contribution in [2.24, 2.45) is 4.99 Å². The molecule has 2 heterocycles. The van der Waals surface area contributed by atoms with Crippen LogP contribution in [0.4, 0.5) is 11.4 Å². The Kier molecular flexibility index (Phi) is 5.28. The third-order valence-electron chi connectivity index (χ3n) is 4.12. The van der Waals surface area contributed by atoms with Crippen LogP contribution in [0.3, 0.4) is 0 Å².